The quantitative estimate of drug-likeness (QED) is 0.762. The second-order valence-corrected chi connectivity index (χ2v) is 4.61. The van der Waals surface area contributed by atoms with Gasteiger partial charge in [-0.1, -0.05) is 28.9 Å². The van der Waals surface area contributed by atoms with Gasteiger partial charge >= 0.3 is 0 Å². The van der Waals surface area contributed by atoms with E-state index < -0.39 is 0 Å². The first kappa shape index (κ1) is 11.9. The predicted molar refractivity (Wildman–Crippen MR) is 73.8 cm³/mol. The van der Waals surface area contributed by atoms with E-state index in [2.05, 4.69) is 5.16 Å². The smallest absolute Gasteiger partial charge is 0.180 e. The summed E-state index contributed by atoms with van der Waals surface area (Å²) in [5.41, 5.74) is 8.39. The summed E-state index contributed by atoms with van der Waals surface area (Å²) < 4.78 is 10.6. The summed E-state index contributed by atoms with van der Waals surface area (Å²) in [6, 6.07) is 9.19. The first-order chi connectivity index (χ1) is 9.16. The van der Waals surface area contributed by atoms with E-state index in [1.54, 1.807) is 18.4 Å². The van der Waals surface area contributed by atoms with Crippen molar-refractivity contribution in [1.29, 1.82) is 0 Å². The summed E-state index contributed by atoms with van der Waals surface area (Å²) in [6.07, 6.45) is 1.61. The van der Waals surface area contributed by atoms with Crippen LogP contribution in [0, 0.1) is 6.92 Å². The summed E-state index contributed by atoms with van der Waals surface area (Å²) in [5, 5.41) is 4.51. The number of nitrogen functional groups attached to an aromatic ring is 1. The summed E-state index contributed by atoms with van der Waals surface area (Å²) in [7, 11) is 0. The number of hydrogen-bond donors (Lipinski definition) is 1. The minimum Gasteiger partial charge on any atom is -0.469 e. The van der Waals surface area contributed by atoms with Gasteiger partial charge < -0.3 is 14.7 Å². The maximum Gasteiger partial charge on any atom is 0.180 e. The first-order valence-electron chi connectivity index (χ1n) is 5.72. The molecule has 2 N–H and O–H groups in total. The average molecular weight is 275 g/mol. The van der Waals surface area contributed by atoms with Crippen LogP contribution in [0.4, 0.5) is 5.82 Å². The van der Waals surface area contributed by atoms with Crippen LogP contribution in [0.1, 0.15) is 5.76 Å². The van der Waals surface area contributed by atoms with E-state index in [1.165, 1.54) is 0 Å². The zero-order chi connectivity index (χ0) is 13.4. The van der Waals surface area contributed by atoms with Crippen LogP contribution < -0.4 is 5.73 Å². The van der Waals surface area contributed by atoms with Crippen molar-refractivity contribution in [3.63, 3.8) is 0 Å². The molecule has 0 radical (unpaired) electrons. The van der Waals surface area contributed by atoms with Crippen molar-refractivity contribution in [3.8, 4) is 22.5 Å². The van der Waals surface area contributed by atoms with Crippen molar-refractivity contribution in [2.75, 3.05) is 5.73 Å². The molecule has 19 heavy (non-hydrogen) atoms. The van der Waals surface area contributed by atoms with Crippen molar-refractivity contribution in [3.05, 3.63) is 47.4 Å². The lowest BCUT2D eigenvalue weighted by Crippen LogP contribution is -1.88. The van der Waals surface area contributed by atoms with E-state index in [9.17, 15) is 0 Å². The maximum atomic E-state index is 5.90. The Morgan fingerprint density at radius 1 is 1.16 bits per heavy atom. The number of benzene rings is 1. The molecule has 5 heteroatoms. The number of nitrogens with two attached hydrogens (primary N) is 1. The third-order valence-corrected chi connectivity index (χ3v) is 3.21. The van der Waals surface area contributed by atoms with E-state index >= 15 is 0 Å². The zero-order valence-corrected chi connectivity index (χ0v) is 10.9. The molecule has 0 aliphatic carbocycles. The Morgan fingerprint density at radius 3 is 2.53 bits per heavy atom. The molecule has 0 saturated heterocycles. The lowest BCUT2D eigenvalue weighted by atomic mass is 10.0. The highest BCUT2D eigenvalue weighted by Gasteiger charge is 2.20. The molecule has 0 fully saturated rings. The van der Waals surface area contributed by atoms with Crippen LogP contribution >= 0.6 is 11.6 Å². The molecule has 0 amide bonds. The summed E-state index contributed by atoms with van der Waals surface area (Å²) in [5.74, 6) is 1.70. The van der Waals surface area contributed by atoms with Crippen molar-refractivity contribution in [2.24, 2.45) is 0 Å². The number of anilines is 1. The third kappa shape index (κ3) is 2.00. The van der Waals surface area contributed by atoms with Crippen LogP contribution in [-0.4, -0.2) is 5.16 Å². The molecule has 0 atom stereocenters. The fraction of sp³-hybridized carbons (Fsp3) is 0.0714. The van der Waals surface area contributed by atoms with Gasteiger partial charge in [0.15, 0.2) is 11.6 Å². The zero-order valence-electron chi connectivity index (χ0n) is 10.2. The normalized spacial score (nSPS) is 10.8. The highest BCUT2D eigenvalue weighted by atomic mass is 35.5. The molecule has 1 aromatic carbocycles. The van der Waals surface area contributed by atoms with Crippen LogP contribution in [0.5, 0.6) is 0 Å². The number of rotatable bonds is 2. The number of halogens is 1. The van der Waals surface area contributed by atoms with Crippen molar-refractivity contribution < 1.29 is 8.94 Å². The van der Waals surface area contributed by atoms with E-state index in [1.807, 2.05) is 25.1 Å². The van der Waals surface area contributed by atoms with Gasteiger partial charge in [0.2, 0.25) is 0 Å². The molecule has 0 spiro atoms. The molecule has 3 rings (SSSR count). The van der Waals surface area contributed by atoms with Gasteiger partial charge in [0.25, 0.3) is 0 Å². The number of aryl methyl sites for hydroxylation is 1. The highest BCUT2D eigenvalue weighted by molar-refractivity contribution is 6.30. The molecule has 2 aromatic heterocycles. The molecule has 0 aliphatic rings. The van der Waals surface area contributed by atoms with Gasteiger partial charge in [0, 0.05) is 5.02 Å². The Morgan fingerprint density at radius 2 is 1.89 bits per heavy atom. The van der Waals surface area contributed by atoms with Crippen LogP contribution in [-0.2, 0) is 0 Å². The fourth-order valence-corrected chi connectivity index (χ4v) is 2.13. The van der Waals surface area contributed by atoms with Gasteiger partial charge in [-0.25, -0.2) is 0 Å². The monoisotopic (exact) mass is 274 g/mol. The Kier molecular flexibility index (Phi) is 2.80. The van der Waals surface area contributed by atoms with Crippen LogP contribution in [0.2, 0.25) is 5.02 Å². The second-order valence-electron chi connectivity index (χ2n) is 4.17. The lowest BCUT2D eigenvalue weighted by molar-refractivity contribution is 0.434. The number of furan rings is 1. The Labute approximate surface area is 114 Å². The maximum absolute atomic E-state index is 5.90. The molecule has 0 aliphatic heterocycles. The molecular formula is C14H11ClN2O2. The van der Waals surface area contributed by atoms with Gasteiger partial charge in [0.05, 0.1) is 17.4 Å². The molecule has 0 bridgehead atoms. The van der Waals surface area contributed by atoms with Crippen LogP contribution in [0.3, 0.4) is 0 Å². The summed E-state index contributed by atoms with van der Waals surface area (Å²) in [6.45, 7) is 1.86. The Bertz CT molecular complexity index is 713. The third-order valence-electron chi connectivity index (χ3n) is 2.95. The molecule has 0 unspecified atom stereocenters. The number of aromatic nitrogens is 1. The van der Waals surface area contributed by atoms with Gasteiger partial charge in [-0.05, 0) is 30.7 Å². The standard InChI is InChI=1S/C14H11ClN2O2/c1-8-11(6-7-18-8)13-12(14(16)17-19-13)9-2-4-10(15)5-3-9/h2-7H,1H3,(H2,16,17). The van der Waals surface area contributed by atoms with E-state index in [0.29, 0.717) is 16.6 Å². The molecule has 96 valence electrons. The van der Waals surface area contributed by atoms with Gasteiger partial charge in [-0.2, -0.15) is 0 Å². The van der Waals surface area contributed by atoms with E-state index in [0.717, 1.165) is 22.5 Å². The minimum absolute atomic E-state index is 0.345. The highest BCUT2D eigenvalue weighted by Crippen LogP contribution is 2.38. The van der Waals surface area contributed by atoms with E-state index in [-0.39, 0.29) is 0 Å². The first-order valence-corrected chi connectivity index (χ1v) is 6.10. The number of nitrogens with zero attached hydrogens (tertiary/aromatic N) is 1. The van der Waals surface area contributed by atoms with E-state index in [4.69, 9.17) is 26.3 Å². The lowest BCUT2D eigenvalue weighted by Gasteiger charge is -2.02. The molecular weight excluding hydrogens is 264 g/mol. The largest absolute Gasteiger partial charge is 0.469 e. The Hall–Kier alpha value is -2.20. The molecule has 0 saturated carbocycles. The predicted octanol–water partition coefficient (Wildman–Crippen LogP) is 4.15. The summed E-state index contributed by atoms with van der Waals surface area (Å²) in [4.78, 5) is 0. The van der Waals surface area contributed by atoms with Gasteiger partial charge in [0.1, 0.15) is 5.76 Å². The molecule has 4 nitrogen and oxygen atoms in total. The summed E-state index contributed by atoms with van der Waals surface area (Å²) >= 11 is 5.89. The van der Waals surface area contributed by atoms with Crippen molar-refractivity contribution in [2.45, 2.75) is 6.92 Å². The molecule has 3 aromatic rings. The number of hydrogen-bond acceptors (Lipinski definition) is 4. The van der Waals surface area contributed by atoms with Crippen molar-refractivity contribution in [1.82, 2.24) is 5.16 Å². The van der Waals surface area contributed by atoms with Crippen molar-refractivity contribution >= 4 is 17.4 Å². The van der Waals surface area contributed by atoms with Crippen LogP contribution in [0.15, 0.2) is 45.5 Å². The topological polar surface area (TPSA) is 65.2 Å². The van der Waals surface area contributed by atoms with Gasteiger partial charge in [-0.3, -0.25) is 0 Å². The second kappa shape index (κ2) is 4.48. The molecule has 2 heterocycles. The minimum atomic E-state index is 0.345. The fourth-order valence-electron chi connectivity index (χ4n) is 2.00. The Balaban J connectivity index is 2.19. The SMILES string of the molecule is Cc1occc1-c1onc(N)c1-c1ccc(Cl)cc1. The average Bonchev–Trinajstić information content (AvgIpc) is 2.97. The van der Waals surface area contributed by atoms with Gasteiger partial charge in [-0.15, -0.1) is 0 Å². The van der Waals surface area contributed by atoms with Crippen LogP contribution in [0.25, 0.3) is 22.5 Å².